The van der Waals surface area contributed by atoms with E-state index < -0.39 is 23.0 Å². The van der Waals surface area contributed by atoms with Crippen LogP contribution in [0.1, 0.15) is 10.4 Å². The van der Waals surface area contributed by atoms with Crippen LogP contribution >= 0.6 is 22.6 Å². The molecule has 5 heteroatoms. The number of carbonyl (C=O) groups is 1. The third-order valence-corrected chi connectivity index (χ3v) is 2.94. The second-order valence-electron chi connectivity index (χ2n) is 3.29. The van der Waals surface area contributed by atoms with Crippen molar-refractivity contribution in [3.8, 4) is 11.5 Å². The molecule has 0 saturated heterocycles. The Bertz CT molecular complexity index is 592. The third kappa shape index (κ3) is 1.67. The van der Waals surface area contributed by atoms with Crippen molar-refractivity contribution in [2.45, 2.75) is 0 Å². The molecule has 0 aliphatic carbocycles. The smallest absolute Gasteiger partial charge is 0.343 e. The largest absolute Gasteiger partial charge is 0.507 e. The lowest BCUT2D eigenvalue weighted by Crippen LogP contribution is -1.98. The average molecular weight is 330 g/mol. The van der Waals surface area contributed by atoms with E-state index in [2.05, 4.69) is 22.6 Å². The lowest BCUT2D eigenvalue weighted by molar-refractivity contribution is 0.0691. The van der Waals surface area contributed by atoms with E-state index in [1.165, 1.54) is 6.07 Å². The van der Waals surface area contributed by atoms with Gasteiger partial charge in [0.1, 0.15) is 17.1 Å². The summed E-state index contributed by atoms with van der Waals surface area (Å²) in [6.07, 6.45) is 0. The van der Waals surface area contributed by atoms with Crippen molar-refractivity contribution in [2.24, 2.45) is 0 Å². The topological polar surface area (TPSA) is 77.8 Å². The summed E-state index contributed by atoms with van der Waals surface area (Å²) in [6.45, 7) is 0. The summed E-state index contributed by atoms with van der Waals surface area (Å²) in [6, 6.07) is 6.51. The molecule has 0 heterocycles. The Kier molecular flexibility index (Phi) is 2.63. The first kappa shape index (κ1) is 11.0. The van der Waals surface area contributed by atoms with E-state index in [9.17, 15) is 15.0 Å². The lowest BCUT2D eigenvalue weighted by atomic mass is 10.0. The van der Waals surface area contributed by atoms with Gasteiger partial charge in [0.05, 0.1) is 0 Å². The van der Waals surface area contributed by atoms with E-state index in [-0.39, 0.29) is 0 Å². The van der Waals surface area contributed by atoms with Crippen LogP contribution in [-0.2, 0) is 0 Å². The fraction of sp³-hybridized carbons (Fsp3) is 0. The number of fused-ring (bicyclic) bond motifs is 1. The van der Waals surface area contributed by atoms with Crippen LogP contribution in [0.3, 0.4) is 0 Å². The molecule has 0 amide bonds. The highest BCUT2D eigenvalue weighted by Gasteiger charge is 2.18. The molecular formula is C11H7IO4. The Hall–Kier alpha value is -1.50. The zero-order valence-electron chi connectivity index (χ0n) is 7.94. The number of carboxylic acid groups (broad SMARTS) is 1. The van der Waals surface area contributed by atoms with Crippen LogP contribution in [0.25, 0.3) is 10.8 Å². The molecule has 82 valence electrons. The van der Waals surface area contributed by atoms with Crippen molar-refractivity contribution in [1.29, 1.82) is 0 Å². The van der Waals surface area contributed by atoms with E-state index in [0.29, 0.717) is 10.8 Å². The maximum Gasteiger partial charge on any atom is 0.343 e. The molecule has 0 aliphatic heterocycles. The maximum atomic E-state index is 10.8. The molecule has 0 fully saturated rings. The summed E-state index contributed by atoms with van der Waals surface area (Å²) >= 11 is 2.06. The van der Waals surface area contributed by atoms with Gasteiger partial charge >= 0.3 is 5.97 Å². The maximum absolute atomic E-state index is 10.8. The number of halogens is 1. The van der Waals surface area contributed by atoms with Crippen LogP contribution in [0.2, 0.25) is 0 Å². The predicted molar refractivity (Wildman–Crippen MR) is 67.0 cm³/mol. The van der Waals surface area contributed by atoms with Gasteiger partial charge in [-0.2, -0.15) is 0 Å². The fourth-order valence-corrected chi connectivity index (χ4v) is 2.04. The molecule has 4 nitrogen and oxygen atoms in total. The number of hydrogen-bond acceptors (Lipinski definition) is 3. The van der Waals surface area contributed by atoms with Crippen LogP contribution in [0, 0.1) is 3.57 Å². The molecule has 2 aromatic carbocycles. The summed E-state index contributed by atoms with van der Waals surface area (Å²) in [7, 11) is 0. The number of carboxylic acids is 1. The zero-order chi connectivity index (χ0) is 11.9. The van der Waals surface area contributed by atoms with Gasteiger partial charge < -0.3 is 15.3 Å². The van der Waals surface area contributed by atoms with Crippen molar-refractivity contribution in [3.63, 3.8) is 0 Å². The number of aromatic carboxylic acids is 1. The minimum Gasteiger partial charge on any atom is -0.507 e. The number of rotatable bonds is 1. The Morgan fingerprint density at radius 2 is 1.88 bits per heavy atom. The number of hydrogen-bond donors (Lipinski definition) is 3. The first-order valence-electron chi connectivity index (χ1n) is 4.38. The standard InChI is InChI=1S/C11H7IO4/c12-6-2-1-5-3-8(13)9(11(15)16)10(14)7(5)4-6/h1-4,13-14H,(H,15,16). The Balaban J connectivity index is 2.90. The highest BCUT2D eigenvalue weighted by atomic mass is 127. The summed E-state index contributed by atoms with van der Waals surface area (Å²) in [5.74, 6) is -2.18. The number of phenols is 2. The van der Waals surface area contributed by atoms with Crippen molar-refractivity contribution in [1.82, 2.24) is 0 Å². The Labute approximate surface area is 104 Å². The summed E-state index contributed by atoms with van der Waals surface area (Å²) in [4.78, 5) is 10.8. The van der Waals surface area contributed by atoms with E-state index in [1.807, 2.05) is 6.07 Å². The molecule has 16 heavy (non-hydrogen) atoms. The quantitative estimate of drug-likeness (QED) is 0.703. The monoisotopic (exact) mass is 330 g/mol. The highest BCUT2D eigenvalue weighted by molar-refractivity contribution is 14.1. The minimum atomic E-state index is -1.35. The Morgan fingerprint density at radius 1 is 1.19 bits per heavy atom. The molecule has 3 N–H and O–H groups in total. The molecule has 0 bridgehead atoms. The van der Waals surface area contributed by atoms with Gasteiger partial charge in [0, 0.05) is 8.96 Å². The first-order chi connectivity index (χ1) is 7.50. The molecule has 0 aliphatic rings. The highest BCUT2D eigenvalue weighted by Crippen LogP contribution is 2.36. The van der Waals surface area contributed by atoms with Crippen LogP contribution in [0.4, 0.5) is 0 Å². The van der Waals surface area contributed by atoms with Crippen molar-refractivity contribution in [3.05, 3.63) is 33.4 Å². The molecule has 0 aromatic heterocycles. The summed E-state index contributed by atoms with van der Waals surface area (Å²) in [5.41, 5.74) is -0.463. The predicted octanol–water partition coefficient (Wildman–Crippen LogP) is 2.55. The normalized spacial score (nSPS) is 10.6. The van der Waals surface area contributed by atoms with Gasteiger partial charge in [-0.3, -0.25) is 0 Å². The number of benzene rings is 2. The molecule has 0 radical (unpaired) electrons. The first-order valence-corrected chi connectivity index (χ1v) is 5.46. The minimum absolute atomic E-state index is 0.402. The van der Waals surface area contributed by atoms with Gasteiger partial charge in [-0.1, -0.05) is 6.07 Å². The second kappa shape index (κ2) is 3.82. The van der Waals surface area contributed by atoms with Gasteiger partial charge in [-0.05, 0) is 46.2 Å². The van der Waals surface area contributed by atoms with Gasteiger partial charge in [0.2, 0.25) is 0 Å². The molecule has 0 spiro atoms. The van der Waals surface area contributed by atoms with Crippen LogP contribution < -0.4 is 0 Å². The lowest BCUT2D eigenvalue weighted by Gasteiger charge is -2.07. The van der Waals surface area contributed by atoms with Gasteiger partial charge in [-0.25, -0.2) is 4.79 Å². The number of aromatic hydroxyl groups is 2. The van der Waals surface area contributed by atoms with Crippen molar-refractivity contribution in [2.75, 3.05) is 0 Å². The van der Waals surface area contributed by atoms with Crippen molar-refractivity contribution >= 4 is 39.3 Å². The fourth-order valence-electron chi connectivity index (χ4n) is 1.55. The molecule has 0 unspecified atom stereocenters. The van der Waals surface area contributed by atoms with Crippen LogP contribution in [0.5, 0.6) is 11.5 Å². The van der Waals surface area contributed by atoms with Gasteiger partial charge in [-0.15, -0.1) is 0 Å². The summed E-state index contributed by atoms with van der Waals surface area (Å²) < 4.78 is 0.877. The third-order valence-electron chi connectivity index (χ3n) is 2.27. The zero-order valence-corrected chi connectivity index (χ0v) is 10.1. The SMILES string of the molecule is O=C(O)c1c(O)cc2ccc(I)cc2c1O. The molecule has 0 atom stereocenters. The molecule has 2 aromatic rings. The average Bonchev–Trinajstić information content (AvgIpc) is 2.19. The molecule has 0 saturated carbocycles. The Morgan fingerprint density at radius 3 is 2.50 bits per heavy atom. The van der Waals surface area contributed by atoms with Crippen molar-refractivity contribution < 1.29 is 20.1 Å². The summed E-state index contributed by atoms with van der Waals surface area (Å²) in [5, 5.41) is 29.1. The van der Waals surface area contributed by atoms with Gasteiger partial charge in [0.25, 0.3) is 0 Å². The van der Waals surface area contributed by atoms with Gasteiger partial charge in [0.15, 0.2) is 0 Å². The van der Waals surface area contributed by atoms with Crippen LogP contribution in [-0.4, -0.2) is 21.3 Å². The van der Waals surface area contributed by atoms with E-state index in [4.69, 9.17) is 5.11 Å². The van der Waals surface area contributed by atoms with E-state index in [0.717, 1.165) is 3.57 Å². The molecule has 2 rings (SSSR count). The molecular weight excluding hydrogens is 323 g/mol. The van der Waals surface area contributed by atoms with Crippen LogP contribution in [0.15, 0.2) is 24.3 Å². The van der Waals surface area contributed by atoms with E-state index in [1.54, 1.807) is 12.1 Å². The second-order valence-corrected chi connectivity index (χ2v) is 4.54. The van der Waals surface area contributed by atoms with E-state index >= 15 is 0 Å².